The Hall–Kier alpha value is -2.18. The molecule has 0 radical (unpaired) electrons. The summed E-state index contributed by atoms with van der Waals surface area (Å²) in [5.41, 5.74) is 5.98. The van der Waals surface area contributed by atoms with E-state index in [0.29, 0.717) is 5.56 Å². The fourth-order valence-corrected chi connectivity index (χ4v) is 5.86. The first-order chi connectivity index (χ1) is 11.4. The Morgan fingerprint density at radius 3 is 2.21 bits per heavy atom. The maximum atomic E-state index is 13.0. The van der Waals surface area contributed by atoms with Crippen LogP contribution in [0.5, 0.6) is 0 Å². The van der Waals surface area contributed by atoms with Crippen molar-refractivity contribution < 1.29 is 18.3 Å². The smallest absolute Gasteiger partial charge is 0.312 e. The second-order valence-electron chi connectivity index (χ2n) is 6.22. The lowest BCUT2D eigenvalue weighted by Crippen LogP contribution is -2.31. The van der Waals surface area contributed by atoms with E-state index in [4.69, 9.17) is 5.73 Å². The molecule has 1 aliphatic rings. The van der Waals surface area contributed by atoms with E-state index in [0.717, 1.165) is 5.56 Å². The minimum atomic E-state index is -3.80. The number of aliphatic carboxylic acids is 1. The van der Waals surface area contributed by atoms with Crippen LogP contribution in [0, 0.1) is 12.3 Å². The zero-order valence-corrected chi connectivity index (χ0v) is 14.0. The van der Waals surface area contributed by atoms with Crippen LogP contribution < -0.4 is 5.73 Å². The summed E-state index contributed by atoms with van der Waals surface area (Å²) in [5, 5.41) is 8.67. The van der Waals surface area contributed by atoms with Crippen molar-refractivity contribution in [2.45, 2.75) is 23.0 Å². The molecule has 2 aromatic carbocycles. The lowest BCUT2D eigenvalue weighted by Gasteiger charge is -2.10. The molecule has 6 heteroatoms. The van der Waals surface area contributed by atoms with Gasteiger partial charge in [0.1, 0.15) is 5.41 Å². The third-order valence-electron chi connectivity index (χ3n) is 4.83. The maximum absolute atomic E-state index is 13.0. The topological polar surface area (TPSA) is 97.5 Å². The summed E-state index contributed by atoms with van der Waals surface area (Å²) in [6, 6.07) is 15.2. The van der Waals surface area contributed by atoms with Gasteiger partial charge in [0.05, 0.1) is 10.1 Å². The summed E-state index contributed by atoms with van der Waals surface area (Å²) < 4.78 is 26.0. The normalized spacial score (nSPS) is 26.1. The molecule has 1 fully saturated rings. The van der Waals surface area contributed by atoms with Crippen LogP contribution in [0.1, 0.15) is 17.0 Å². The van der Waals surface area contributed by atoms with E-state index < -0.39 is 32.4 Å². The third-order valence-corrected chi connectivity index (χ3v) is 7.13. The van der Waals surface area contributed by atoms with Crippen molar-refractivity contribution in [3.8, 4) is 0 Å². The van der Waals surface area contributed by atoms with Crippen LogP contribution in [0.2, 0.25) is 0 Å². The highest BCUT2D eigenvalue weighted by atomic mass is 32.2. The number of aryl methyl sites for hydroxylation is 1. The molecule has 0 amide bonds. The van der Waals surface area contributed by atoms with E-state index in [9.17, 15) is 18.3 Å². The lowest BCUT2D eigenvalue weighted by atomic mass is 9.99. The maximum Gasteiger partial charge on any atom is 0.312 e. The van der Waals surface area contributed by atoms with Crippen LogP contribution in [-0.4, -0.2) is 31.3 Å². The Morgan fingerprint density at radius 2 is 1.71 bits per heavy atom. The highest BCUT2D eigenvalue weighted by Crippen LogP contribution is 2.63. The van der Waals surface area contributed by atoms with Gasteiger partial charge in [-0.05, 0) is 24.6 Å². The van der Waals surface area contributed by atoms with Gasteiger partial charge < -0.3 is 10.8 Å². The first-order valence-corrected chi connectivity index (χ1v) is 9.19. The fraction of sp³-hybridized carbons (Fsp3) is 0.278. The van der Waals surface area contributed by atoms with Crippen molar-refractivity contribution in [3.05, 3.63) is 65.7 Å². The molecule has 1 saturated carbocycles. The average molecular weight is 345 g/mol. The minimum Gasteiger partial charge on any atom is -0.481 e. The van der Waals surface area contributed by atoms with Crippen molar-refractivity contribution >= 4 is 15.8 Å². The lowest BCUT2D eigenvalue weighted by molar-refractivity contribution is -0.143. The molecule has 0 bridgehead atoms. The van der Waals surface area contributed by atoms with Gasteiger partial charge in [-0.2, -0.15) is 0 Å². The van der Waals surface area contributed by atoms with Crippen LogP contribution in [0.3, 0.4) is 0 Å². The number of benzene rings is 2. The predicted molar refractivity (Wildman–Crippen MR) is 90.5 cm³/mol. The van der Waals surface area contributed by atoms with Gasteiger partial charge in [-0.15, -0.1) is 0 Å². The van der Waals surface area contributed by atoms with E-state index >= 15 is 0 Å². The molecule has 0 unspecified atom stereocenters. The molecule has 0 aliphatic heterocycles. The van der Waals surface area contributed by atoms with Gasteiger partial charge in [-0.1, -0.05) is 48.0 Å². The highest BCUT2D eigenvalue weighted by Gasteiger charge is 2.75. The molecule has 3 atom stereocenters. The van der Waals surface area contributed by atoms with E-state index in [-0.39, 0.29) is 11.4 Å². The number of sulfone groups is 1. The van der Waals surface area contributed by atoms with Crippen molar-refractivity contribution in [1.29, 1.82) is 0 Å². The summed E-state index contributed by atoms with van der Waals surface area (Å²) in [6.07, 6.45) is 0. The molecule has 3 rings (SSSR count). The van der Waals surface area contributed by atoms with Crippen molar-refractivity contribution in [2.24, 2.45) is 11.1 Å². The largest absolute Gasteiger partial charge is 0.481 e. The summed E-state index contributed by atoms with van der Waals surface area (Å²) in [4.78, 5) is 12.0. The van der Waals surface area contributed by atoms with E-state index in [2.05, 4.69) is 0 Å². The van der Waals surface area contributed by atoms with Gasteiger partial charge >= 0.3 is 5.97 Å². The monoisotopic (exact) mass is 345 g/mol. The van der Waals surface area contributed by atoms with Gasteiger partial charge in [-0.3, -0.25) is 4.79 Å². The number of carbonyl (C=O) groups is 1. The van der Waals surface area contributed by atoms with E-state index in [1.807, 2.05) is 19.1 Å². The summed E-state index contributed by atoms with van der Waals surface area (Å²) >= 11 is 0. The molecule has 0 aromatic heterocycles. The number of carboxylic acids is 1. The van der Waals surface area contributed by atoms with E-state index in [1.165, 1.54) is 12.1 Å². The van der Waals surface area contributed by atoms with Gasteiger partial charge in [0.2, 0.25) is 0 Å². The minimum absolute atomic E-state index is 0.128. The quantitative estimate of drug-likeness (QED) is 0.863. The Balaban J connectivity index is 2.11. The number of rotatable bonds is 5. The average Bonchev–Trinajstić information content (AvgIpc) is 3.28. The standard InChI is InChI=1S/C18H19NO4S/c1-12-7-9-13(10-8-12)15-16(18(15,11-19)17(20)21)24(22,23)14-5-3-2-4-6-14/h2-10,15-16H,11,19H2,1H3,(H,20,21)/t15-,16+,18-/m0/s1. The molecule has 24 heavy (non-hydrogen) atoms. The third kappa shape index (κ3) is 2.34. The molecule has 126 valence electrons. The first-order valence-electron chi connectivity index (χ1n) is 7.64. The zero-order chi connectivity index (χ0) is 17.5. The van der Waals surface area contributed by atoms with Crippen LogP contribution in [0.4, 0.5) is 0 Å². The van der Waals surface area contributed by atoms with Gasteiger partial charge in [0.15, 0.2) is 9.84 Å². The second kappa shape index (κ2) is 5.72. The van der Waals surface area contributed by atoms with Gasteiger partial charge in [0.25, 0.3) is 0 Å². The molecular formula is C18H19NO4S. The van der Waals surface area contributed by atoms with E-state index in [1.54, 1.807) is 30.3 Å². The van der Waals surface area contributed by atoms with Gasteiger partial charge in [-0.25, -0.2) is 8.42 Å². The Labute approximate surface area is 141 Å². The molecule has 3 N–H and O–H groups in total. The number of hydrogen-bond donors (Lipinski definition) is 2. The van der Waals surface area contributed by atoms with Crippen LogP contribution >= 0.6 is 0 Å². The highest BCUT2D eigenvalue weighted by molar-refractivity contribution is 7.92. The van der Waals surface area contributed by atoms with Crippen LogP contribution in [0.15, 0.2) is 59.5 Å². The number of hydrogen-bond acceptors (Lipinski definition) is 4. The molecule has 1 aliphatic carbocycles. The van der Waals surface area contributed by atoms with Crippen molar-refractivity contribution in [3.63, 3.8) is 0 Å². The summed E-state index contributed by atoms with van der Waals surface area (Å²) in [7, 11) is -3.80. The zero-order valence-electron chi connectivity index (χ0n) is 13.2. The summed E-state index contributed by atoms with van der Waals surface area (Å²) in [5.74, 6) is -1.81. The van der Waals surface area contributed by atoms with Crippen molar-refractivity contribution in [2.75, 3.05) is 6.54 Å². The number of nitrogens with two attached hydrogens (primary N) is 1. The SMILES string of the molecule is Cc1ccc([C@H]2[C@@H](S(=O)(=O)c3ccccc3)[C@@]2(CN)C(=O)O)cc1. The Kier molecular flexibility index (Phi) is 3.97. The molecule has 5 nitrogen and oxygen atoms in total. The first kappa shape index (κ1) is 16.7. The molecule has 0 spiro atoms. The Bertz CT molecular complexity index is 862. The van der Waals surface area contributed by atoms with Gasteiger partial charge in [0, 0.05) is 12.5 Å². The predicted octanol–water partition coefficient (Wildman–Crippen LogP) is 1.96. The molecule has 0 saturated heterocycles. The number of carboxylic acid groups (broad SMARTS) is 1. The fourth-order valence-electron chi connectivity index (χ4n) is 3.45. The van der Waals surface area contributed by atoms with Crippen LogP contribution in [0.25, 0.3) is 0 Å². The molecule has 2 aromatic rings. The molecule has 0 heterocycles. The van der Waals surface area contributed by atoms with Crippen LogP contribution in [-0.2, 0) is 14.6 Å². The molecular weight excluding hydrogens is 326 g/mol. The Morgan fingerprint density at radius 1 is 1.12 bits per heavy atom. The summed E-state index contributed by atoms with van der Waals surface area (Å²) in [6.45, 7) is 1.69. The van der Waals surface area contributed by atoms with Crippen molar-refractivity contribution in [1.82, 2.24) is 0 Å². The second-order valence-corrected chi connectivity index (χ2v) is 8.29.